The largest absolute Gasteiger partial charge is 0.508 e. The van der Waals surface area contributed by atoms with Crippen LogP contribution in [0, 0.1) is 6.92 Å². The summed E-state index contributed by atoms with van der Waals surface area (Å²) in [6.45, 7) is 5.97. The second kappa shape index (κ2) is 9.64. The highest BCUT2D eigenvalue weighted by atomic mass is 35.5. The van der Waals surface area contributed by atoms with Gasteiger partial charge in [-0.15, -0.1) is 0 Å². The van der Waals surface area contributed by atoms with Crippen LogP contribution in [0.2, 0.25) is 5.02 Å². The van der Waals surface area contributed by atoms with Crippen LogP contribution in [0.4, 0.5) is 0 Å². The molecule has 6 heteroatoms. The molecular formula is C27H28ClNO4. The zero-order valence-corrected chi connectivity index (χ0v) is 19.5. The molecule has 3 aromatic carbocycles. The van der Waals surface area contributed by atoms with E-state index in [2.05, 4.69) is 48.2 Å². The Kier molecular flexibility index (Phi) is 6.45. The van der Waals surface area contributed by atoms with Crippen LogP contribution in [0.25, 0.3) is 11.1 Å². The standard InChI is InChI=1S/C27H28ClNO4/c1-18-4-2-3-5-24(18)19-12-21-16-29(15-20-13-22(28)6-7-25(20)30)9-11-32-27(21)26(14-19)33-23-8-10-31-17-23/h2-7,12-14,23,30H,8-11,15-17H2,1H3. The number of aromatic hydroxyl groups is 1. The number of benzene rings is 3. The van der Waals surface area contributed by atoms with Crippen LogP contribution in [0.1, 0.15) is 23.1 Å². The zero-order chi connectivity index (χ0) is 22.8. The maximum atomic E-state index is 10.3. The third-order valence-electron chi connectivity index (χ3n) is 6.25. The Balaban J connectivity index is 1.51. The second-order valence-corrected chi connectivity index (χ2v) is 9.15. The van der Waals surface area contributed by atoms with Crippen molar-refractivity contribution in [1.29, 1.82) is 0 Å². The summed E-state index contributed by atoms with van der Waals surface area (Å²) >= 11 is 6.17. The summed E-state index contributed by atoms with van der Waals surface area (Å²) in [6, 6.07) is 17.8. The molecule has 3 aromatic rings. The minimum absolute atomic E-state index is 0.0348. The Morgan fingerprint density at radius 3 is 2.82 bits per heavy atom. The first kappa shape index (κ1) is 22.1. The van der Waals surface area contributed by atoms with E-state index in [1.165, 1.54) is 11.1 Å². The van der Waals surface area contributed by atoms with Gasteiger partial charge >= 0.3 is 0 Å². The molecular weight excluding hydrogens is 438 g/mol. The van der Waals surface area contributed by atoms with Gasteiger partial charge in [-0.25, -0.2) is 0 Å². The molecule has 1 unspecified atom stereocenters. The fraction of sp³-hybridized carbons (Fsp3) is 0.333. The second-order valence-electron chi connectivity index (χ2n) is 8.71. The number of fused-ring (bicyclic) bond motifs is 1. The van der Waals surface area contributed by atoms with E-state index in [1.807, 2.05) is 6.07 Å². The predicted molar refractivity (Wildman–Crippen MR) is 129 cm³/mol. The van der Waals surface area contributed by atoms with Gasteiger partial charge in [-0.2, -0.15) is 0 Å². The van der Waals surface area contributed by atoms with E-state index in [9.17, 15) is 5.11 Å². The molecule has 2 aliphatic heterocycles. The first-order chi connectivity index (χ1) is 16.1. The normalized spacial score (nSPS) is 18.4. The van der Waals surface area contributed by atoms with Gasteiger partial charge in [-0.3, -0.25) is 4.90 Å². The first-order valence-electron chi connectivity index (χ1n) is 11.4. The number of nitrogens with zero attached hydrogens (tertiary/aromatic N) is 1. The van der Waals surface area contributed by atoms with Gasteiger partial charge in [0, 0.05) is 42.2 Å². The molecule has 33 heavy (non-hydrogen) atoms. The number of rotatable bonds is 5. The monoisotopic (exact) mass is 465 g/mol. The topological polar surface area (TPSA) is 51.2 Å². The van der Waals surface area contributed by atoms with Gasteiger partial charge in [0.2, 0.25) is 0 Å². The van der Waals surface area contributed by atoms with Crippen molar-refractivity contribution in [2.24, 2.45) is 0 Å². The lowest BCUT2D eigenvalue weighted by Crippen LogP contribution is -2.25. The van der Waals surface area contributed by atoms with E-state index < -0.39 is 0 Å². The molecule has 0 saturated carbocycles. The van der Waals surface area contributed by atoms with E-state index in [0.29, 0.717) is 31.3 Å². The molecule has 5 nitrogen and oxygen atoms in total. The van der Waals surface area contributed by atoms with E-state index in [-0.39, 0.29) is 11.9 Å². The fourth-order valence-electron chi connectivity index (χ4n) is 4.52. The minimum Gasteiger partial charge on any atom is -0.508 e. The molecule has 0 aromatic heterocycles. The summed E-state index contributed by atoms with van der Waals surface area (Å²) in [4.78, 5) is 2.27. The van der Waals surface area contributed by atoms with E-state index in [4.69, 9.17) is 25.8 Å². The number of phenolic OH excluding ortho intramolecular Hbond substituents is 1. The van der Waals surface area contributed by atoms with Crippen LogP contribution in [0.15, 0.2) is 54.6 Å². The van der Waals surface area contributed by atoms with Gasteiger partial charge in [0.25, 0.3) is 0 Å². The van der Waals surface area contributed by atoms with Crippen LogP contribution in [0.3, 0.4) is 0 Å². The smallest absolute Gasteiger partial charge is 0.165 e. The molecule has 5 rings (SSSR count). The summed E-state index contributed by atoms with van der Waals surface area (Å²) in [5.41, 5.74) is 5.38. The Morgan fingerprint density at radius 1 is 1.12 bits per heavy atom. The number of halogens is 1. The van der Waals surface area contributed by atoms with Gasteiger partial charge in [-0.1, -0.05) is 35.9 Å². The van der Waals surface area contributed by atoms with Crippen molar-refractivity contribution in [2.45, 2.75) is 32.5 Å². The average molecular weight is 466 g/mol. The van der Waals surface area contributed by atoms with Crippen molar-refractivity contribution >= 4 is 11.6 Å². The summed E-state index contributed by atoms with van der Waals surface area (Å²) in [6.07, 6.45) is 0.913. The quantitative estimate of drug-likeness (QED) is 0.532. The van der Waals surface area contributed by atoms with Crippen molar-refractivity contribution in [3.05, 3.63) is 76.3 Å². The molecule has 172 valence electrons. The minimum atomic E-state index is 0.0348. The van der Waals surface area contributed by atoms with Crippen molar-refractivity contribution < 1.29 is 19.3 Å². The molecule has 1 atom stereocenters. The van der Waals surface area contributed by atoms with Gasteiger partial charge < -0.3 is 19.3 Å². The predicted octanol–water partition coefficient (Wildman–Crippen LogP) is 5.58. The lowest BCUT2D eigenvalue weighted by atomic mass is 9.97. The highest BCUT2D eigenvalue weighted by Crippen LogP contribution is 2.40. The lowest BCUT2D eigenvalue weighted by molar-refractivity contribution is 0.137. The summed E-state index contributed by atoms with van der Waals surface area (Å²) in [5, 5.41) is 10.9. The Morgan fingerprint density at radius 2 is 2.00 bits per heavy atom. The third-order valence-corrected chi connectivity index (χ3v) is 6.49. The molecule has 1 saturated heterocycles. The molecule has 2 heterocycles. The van der Waals surface area contributed by atoms with Gasteiger partial charge in [0.15, 0.2) is 11.5 Å². The number of aryl methyl sites for hydroxylation is 1. The van der Waals surface area contributed by atoms with Crippen LogP contribution in [-0.2, 0) is 17.8 Å². The maximum absolute atomic E-state index is 10.3. The van der Waals surface area contributed by atoms with Crippen LogP contribution in [-0.4, -0.2) is 42.5 Å². The number of hydrogen-bond acceptors (Lipinski definition) is 5. The number of phenols is 1. The summed E-state index contributed by atoms with van der Waals surface area (Å²) in [7, 11) is 0. The van der Waals surface area contributed by atoms with Crippen LogP contribution in [0.5, 0.6) is 17.2 Å². The number of ether oxygens (including phenoxy) is 3. The lowest BCUT2D eigenvalue weighted by Gasteiger charge is -2.21. The third kappa shape index (κ3) is 4.96. The van der Waals surface area contributed by atoms with Gasteiger partial charge in [0.05, 0.1) is 13.2 Å². The van der Waals surface area contributed by atoms with Crippen LogP contribution >= 0.6 is 11.6 Å². The molecule has 0 aliphatic carbocycles. The average Bonchev–Trinajstić information content (AvgIpc) is 3.22. The maximum Gasteiger partial charge on any atom is 0.165 e. The molecule has 2 aliphatic rings. The van der Waals surface area contributed by atoms with Crippen molar-refractivity contribution in [3.8, 4) is 28.4 Å². The van der Waals surface area contributed by atoms with Crippen molar-refractivity contribution in [2.75, 3.05) is 26.4 Å². The van der Waals surface area contributed by atoms with Crippen molar-refractivity contribution in [3.63, 3.8) is 0 Å². The molecule has 1 fully saturated rings. The first-order valence-corrected chi connectivity index (χ1v) is 11.7. The summed E-state index contributed by atoms with van der Waals surface area (Å²) < 4.78 is 18.2. The molecule has 0 radical (unpaired) electrons. The highest BCUT2D eigenvalue weighted by Gasteiger charge is 2.25. The summed E-state index contributed by atoms with van der Waals surface area (Å²) in [5.74, 6) is 1.83. The van der Waals surface area contributed by atoms with E-state index in [0.717, 1.165) is 47.8 Å². The SMILES string of the molecule is Cc1ccccc1-c1cc2c(c(OC3CCOC3)c1)OCCN(Cc1cc(Cl)ccc1O)C2. The van der Waals surface area contributed by atoms with Gasteiger partial charge in [0.1, 0.15) is 18.5 Å². The Labute approximate surface area is 199 Å². The van der Waals surface area contributed by atoms with Gasteiger partial charge in [-0.05, 0) is 53.9 Å². The molecule has 0 amide bonds. The van der Waals surface area contributed by atoms with E-state index in [1.54, 1.807) is 12.1 Å². The van der Waals surface area contributed by atoms with Crippen molar-refractivity contribution in [1.82, 2.24) is 4.90 Å². The Hall–Kier alpha value is -2.73. The van der Waals surface area contributed by atoms with E-state index >= 15 is 0 Å². The molecule has 0 bridgehead atoms. The zero-order valence-electron chi connectivity index (χ0n) is 18.7. The highest BCUT2D eigenvalue weighted by molar-refractivity contribution is 6.30. The molecule has 1 N–H and O–H groups in total. The number of hydrogen-bond donors (Lipinski definition) is 1. The fourth-order valence-corrected chi connectivity index (χ4v) is 4.71. The van der Waals surface area contributed by atoms with Crippen LogP contribution < -0.4 is 9.47 Å². The molecule has 0 spiro atoms. The Bertz CT molecular complexity index is 1140.